The van der Waals surface area contributed by atoms with E-state index < -0.39 is 0 Å². The summed E-state index contributed by atoms with van der Waals surface area (Å²) < 4.78 is 0. The van der Waals surface area contributed by atoms with Gasteiger partial charge in [-0.15, -0.1) is 0 Å². The molecule has 0 radical (unpaired) electrons. The molecule has 0 aliphatic heterocycles. The van der Waals surface area contributed by atoms with Gasteiger partial charge >= 0.3 is 0 Å². The van der Waals surface area contributed by atoms with Crippen LogP contribution in [0.5, 0.6) is 0 Å². The Bertz CT molecular complexity index is 288. The molecule has 0 aliphatic carbocycles. The van der Waals surface area contributed by atoms with Gasteiger partial charge in [-0.3, -0.25) is 0 Å². The molecule has 4 heteroatoms. The van der Waals surface area contributed by atoms with Crippen LogP contribution < -0.4 is 5.32 Å². The number of halogens is 1. The second kappa shape index (κ2) is 5.15. The van der Waals surface area contributed by atoms with Gasteiger partial charge in [-0.1, -0.05) is 32.4 Å². The Balaban J connectivity index is 2.50. The van der Waals surface area contributed by atoms with Gasteiger partial charge in [0.15, 0.2) is 11.0 Å². The summed E-state index contributed by atoms with van der Waals surface area (Å²) >= 11 is 5.85. The molecule has 0 amide bonds. The van der Waals surface area contributed by atoms with Gasteiger partial charge in [0.1, 0.15) is 0 Å². The number of nitrogens with zero attached hydrogens (tertiary/aromatic N) is 2. The van der Waals surface area contributed by atoms with Gasteiger partial charge in [-0.25, -0.2) is 9.97 Å². The first-order chi connectivity index (χ1) is 6.61. The van der Waals surface area contributed by atoms with Crippen LogP contribution in [0.4, 0.5) is 5.82 Å². The van der Waals surface area contributed by atoms with Gasteiger partial charge in [-0.05, 0) is 11.8 Å². The lowest BCUT2D eigenvalue weighted by Gasteiger charge is -2.16. The molecular formula is C10H16ClN3. The summed E-state index contributed by atoms with van der Waals surface area (Å²) in [6.45, 7) is 7.47. The van der Waals surface area contributed by atoms with Gasteiger partial charge in [0.05, 0.1) is 0 Å². The third kappa shape index (κ3) is 3.14. The van der Waals surface area contributed by atoms with Crippen LogP contribution >= 0.6 is 11.6 Å². The van der Waals surface area contributed by atoms with Crippen molar-refractivity contribution in [1.82, 2.24) is 9.97 Å². The van der Waals surface area contributed by atoms with E-state index in [4.69, 9.17) is 11.6 Å². The first-order valence-electron chi connectivity index (χ1n) is 4.81. The Morgan fingerprint density at radius 2 is 1.93 bits per heavy atom. The molecule has 0 spiro atoms. The molecular weight excluding hydrogens is 198 g/mol. The first kappa shape index (κ1) is 11.2. The molecule has 0 aliphatic rings. The van der Waals surface area contributed by atoms with Gasteiger partial charge in [0, 0.05) is 18.9 Å². The highest BCUT2D eigenvalue weighted by atomic mass is 35.5. The maximum absolute atomic E-state index is 5.85. The average Bonchev–Trinajstić information content (AvgIpc) is 2.16. The molecule has 78 valence electrons. The molecule has 1 unspecified atom stereocenters. The third-order valence-corrected chi connectivity index (χ3v) is 2.66. The van der Waals surface area contributed by atoms with Gasteiger partial charge in [0.25, 0.3) is 0 Å². The number of aromatic nitrogens is 2. The number of rotatable bonds is 4. The monoisotopic (exact) mass is 213 g/mol. The van der Waals surface area contributed by atoms with Crippen molar-refractivity contribution in [2.75, 3.05) is 11.9 Å². The Hall–Kier alpha value is -0.830. The highest BCUT2D eigenvalue weighted by Gasteiger charge is 2.08. The summed E-state index contributed by atoms with van der Waals surface area (Å²) in [5, 5.41) is 3.62. The van der Waals surface area contributed by atoms with Crippen LogP contribution in [0.25, 0.3) is 0 Å². The largest absolute Gasteiger partial charge is 0.367 e. The smallest absolute Gasteiger partial charge is 0.171 e. The van der Waals surface area contributed by atoms with Crippen LogP contribution in [0.1, 0.15) is 20.8 Å². The van der Waals surface area contributed by atoms with E-state index in [1.54, 1.807) is 12.4 Å². The minimum Gasteiger partial charge on any atom is -0.367 e. The fraction of sp³-hybridized carbons (Fsp3) is 0.600. The Kier molecular flexibility index (Phi) is 4.14. The van der Waals surface area contributed by atoms with Gasteiger partial charge in [-0.2, -0.15) is 0 Å². The average molecular weight is 214 g/mol. The van der Waals surface area contributed by atoms with Crippen molar-refractivity contribution in [2.24, 2.45) is 11.8 Å². The number of anilines is 1. The quantitative estimate of drug-likeness (QED) is 0.836. The van der Waals surface area contributed by atoms with E-state index in [2.05, 4.69) is 36.1 Å². The second-order valence-corrected chi connectivity index (χ2v) is 4.16. The molecule has 0 bridgehead atoms. The minimum atomic E-state index is 0.434. The molecule has 0 fully saturated rings. The van der Waals surface area contributed by atoms with Crippen LogP contribution in [-0.2, 0) is 0 Å². The summed E-state index contributed by atoms with van der Waals surface area (Å²) in [6, 6.07) is 0. The molecule has 1 heterocycles. The molecule has 0 saturated carbocycles. The molecule has 3 nitrogen and oxygen atoms in total. The van der Waals surface area contributed by atoms with E-state index in [9.17, 15) is 0 Å². The van der Waals surface area contributed by atoms with E-state index in [0.29, 0.717) is 22.8 Å². The second-order valence-electron chi connectivity index (χ2n) is 3.80. The highest BCUT2D eigenvalue weighted by molar-refractivity contribution is 6.31. The lowest BCUT2D eigenvalue weighted by atomic mass is 9.98. The Labute approximate surface area is 89.9 Å². The molecule has 1 aromatic heterocycles. The molecule has 1 rings (SSSR count). The predicted octanol–water partition coefficient (Wildman–Crippen LogP) is 2.83. The van der Waals surface area contributed by atoms with Crippen molar-refractivity contribution in [1.29, 1.82) is 0 Å². The normalized spacial score (nSPS) is 12.9. The molecule has 1 N–H and O–H groups in total. The zero-order valence-corrected chi connectivity index (χ0v) is 9.54. The van der Waals surface area contributed by atoms with Crippen molar-refractivity contribution in [3.63, 3.8) is 0 Å². The fourth-order valence-electron chi connectivity index (χ4n) is 0.933. The topological polar surface area (TPSA) is 37.8 Å². The maximum Gasteiger partial charge on any atom is 0.171 e. The summed E-state index contributed by atoms with van der Waals surface area (Å²) in [7, 11) is 0. The van der Waals surface area contributed by atoms with Crippen LogP contribution in [0, 0.1) is 11.8 Å². The van der Waals surface area contributed by atoms with E-state index >= 15 is 0 Å². The van der Waals surface area contributed by atoms with Crippen molar-refractivity contribution >= 4 is 17.4 Å². The lowest BCUT2D eigenvalue weighted by Crippen LogP contribution is -2.17. The number of hydrogen-bond acceptors (Lipinski definition) is 3. The van der Waals surface area contributed by atoms with E-state index in [0.717, 1.165) is 6.54 Å². The minimum absolute atomic E-state index is 0.434. The molecule has 0 saturated heterocycles. The SMILES string of the molecule is CC(C)C(C)CNc1nccnc1Cl. The van der Waals surface area contributed by atoms with Gasteiger partial charge < -0.3 is 5.32 Å². The summed E-state index contributed by atoms with van der Waals surface area (Å²) in [4.78, 5) is 8.05. The highest BCUT2D eigenvalue weighted by Crippen LogP contribution is 2.16. The summed E-state index contributed by atoms with van der Waals surface area (Å²) in [6.07, 6.45) is 3.22. The molecule has 1 aromatic rings. The summed E-state index contributed by atoms with van der Waals surface area (Å²) in [5.74, 6) is 1.91. The number of hydrogen-bond donors (Lipinski definition) is 1. The van der Waals surface area contributed by atoms with Crippen molar-refractivity contribution < 1.29 is 0 Å². The van der Waals surface area contributed by atoms with Crippen LogP contribution in [0.2, 0.25) is 5.15 Å². The lowest BCUT2D eigenvalue weighted by molar-refractivity contribution is 0.439. The predicted molar refractivity (Wildman–Crippen MR) is 59.5 cm³/mol. The molecule has 0 aromatic carbocycles. The zero-order valence-electron chi connectivity index (χ0n) is 8.79. The first-order valence-corrected chi connectivity index (χ1v) is 5.19. The van der Waals surface area contributed by atoms with E-state index in [1.807, 2.05) is 0 Å². The van der Waals surface area contributed by atoms with E-state index in [1.165, 1.54) is 0 Å². The standard InChI is InChI=1S/C10H16ClN3/c1-7(2)8(3)6-14-10-9(11)12-4-5-13-10/h4-5,7-8H,6H2,1-3H3,(H,13,14). The Morgan fingerprint density at radius 1 is 1.29 bits per heavy atom. The Morgan fingerprint density at radius 3 is 2.50 bits per heavy atom. The van der Waals surface area contributed by atoms with E-state index in [-0.39, 0.29) is 0 Å². The number of nitrogens with one attached hydrogen (secondary N) is 1. The third-order valence-electron chi connectivity index (χ3n) is 2.38. The summed E-state index contributed by atoms with van der Waals surface area (Å²) in [5.41, 5.74) is 0. The van der Waals surface area contributed by atoms with Crippen molar-refractivity contribution in [3.8, 4) is 0 Å². The molecule has 1 atom stereocenters. The zero-order chi connectivity index (χ0) is 10.6. The van der Waals surface area contributed by atoms with Crippen LogP contribution in [-0.4, -0.2) is 16.5 Å². The van der Waals surface area contributed by atoms with Gasteiger partial charge in [0.2, 0.25) is 0 Å². The van der Waals surface area contributed by atoms with Crippen molar-refractivity contribution in [2.45, 2.75) is 20.8 Å². The van der Waals surface area contributed by atoms with Crippen LogP contribution in [0.3, 0.4) is 0 Å². The fourth-order valence-corrected chi connectivity index (χ4v) is 1.10. The maximum atomic E-state index is 5.85. The molecule has 14 heavy (non-hydrogen) atoms. The van der Waals surface area contributed by atoms with Crippen LogP contribution in [0.15, 0.2) is 12.4 Å². The van der Waals surface area contributed by atoms with Crippen molar-refractivity contribution in [3.05, 3.63) is 17.5 Å².